The molecule has 1 heterocycles. The predicted octanol–water partition coefficient (Wildman–Crippen LogP) is 2.62. The van der Waals surface area contributed by atoms with Gasteiger partial charge in [0.25, 0.3) is 0 Å². The average molecular weight is 391 g/mol. The number of nitrogens with one attached hydrogen (secondary N) is 1. The van der Waals surface area contributed by atoms with Crippen molar-refractivity contribution >= 4 is 22.6 Å². The quantitative estimate of drug-likeness (QED) is 0.573. The molecule has 5 heteroatoms. The minimum atomic E-state index is 0.392. The Balaban J connectivity index is 1.87. The average Bonchev–Trinajstić information content (AvgIpc) is 2.97. The van der Waals surface area contributed by atoms with Crippen molar-refractivity contribution in [2.75, 3.05) is 33.9 Å². The monoisotopic (exact) mass is 391 g/mol. The first-order valence-corrected chi connectivity index (χ1v) is 8.05. The van der Waals surface area contributed by atoms with Crippen molar-refractivity contribution in [3.05, 3.63) is 21.3 Å². The predicted molar refractivity (Wildman–Crippen MR) is 87.8 cm³/mol. The smallest absolute Gasteiger partial charge is 0.132 e. The lowest BCUT2D eigenvalue weighted by atomic mass is 10.1. The SMILES string of the molecule is COc1cc(CCNCC2CCCO2)c(OC)cc1I. The molecule has 1 saturated heterocycles. The lowest BCUT2D eigenvalue weighted by molar-refractivity contribution is 0.110. The van der Waals surface area contributed by atoms with Crippen LogP contribution in [0.25, 0.3) is 0 Å². The Bertz CT molecular complexity index is 433. The van der Waals surface area contributed by atoms with Crippen molar-refractivity contribution in [3.63, 3.8) is 0 Å². The van der Waals surface area contributed by atoms with Gasteiger partial charge in [0.2, 0.25) is 0 Å². The first kappa shape index (κ1) is 15.9. The Morgan fingerprint density at radius 3 is 2.75 bits per heavy atom. The molecule has 20 heavy (non-hydrogen) atoms. The van der Waals surface area contributed by atoms with Gasteiger partial charge in [-0.3, -0.25) is 0 Å². The molecule has 1 unspecified atom stereocenters. The van der Waals surface area contributed by atoms with Gasteiger partial charge in [0.15, 0.2) is 0 Å². The normalized spacial score (nSPS) is 18.2. The zero-order chi connectivity index (χ0) is 14.4. The summed E-state index contributed by atoms with van der Waals surface area (Å²) < 4.78 is 17.5. The van der Waals surface area contributed by atoms with E-state index in [0.717, 1.165) is 41.2 Å². The largest absolute Gasteiger partial charge is 0.496 e. The summed E-state index contributed by atoms with van der Waals surface area (Å²) in [5.74, 6) is 1.83. The first-order chi connectivity index (χ1) is 9.74. The summed E-state index contributed by atoms with van der Waals surface area (Å²) in [6.07, 6.45) is 3.67. The van der Waals surface area contributed by atoms with Gasteiger partial charge in [-0.2, -0.15) is 0 Å². The molecule has 1 aliphatic heterocycles. The molecule has 0 radical (unpaired) electrons. The highest BCUT2D eigenvalue weighted by atomic mass is 127. The van der Waals surface area contributed by atoms with Crippen molar-refractivity contribution in [2.45, 2.75) is 25.4 Å². The maximum atomic E-state index is 5.59. The number of methoxy groups -OCH3 is 2. The molecule has 112 valence electrons. The van der Waals surface area contributed by atoms with E-state index in [1.54, 1.807) is 14.2 Å². The van der Waals surface area contributed by atoms with E-state index in [2.05, 4.69) is 34.0 Å². The van der Waals surface area contributed by atoms with Gasteiger partial charge < -0.3 is 19.5 Å². The number of ether oxygens (including phenoxy) is 3. The van der Waals surface area contributed by atoms with Crippen LogP contribution in [0.1, 0.15) is 18.4 Å². The lowest BCUT2D eigenvalue weighted by Crippen LogP contribution is -2.28. The molecule has 1 atom stereocenters. The van der Waals surface area contributed by atoms with E-state index in [1.165, 1.54) is 18.4 Å². The zero-order valence-electron chi connectivity index (χ0n) is 12.1. The van der Waals surface area contributed by atoms with Crippen LogP contribution in [-0.4, -0.2) is 40.0 Å². The van der Waals surface area contributed by atoms with Crippen LogP contribution in [0.15, 0.2) is 12.1 Å². The fraction of sp³-hybridized carbons (Fsp3) is 0.600. The van der Waals surface area contributed by atoms with E-state index in [9.17, 15) is 0 Å². The summed E-state index contributed by atoms with van der Waals surface area (Å²) in [7, 11) is 3.41. The molecule has 0 bridgehead atoms. The van der Waals surface area contributed by atoms with E-state index < -0.39 is 0 Å². The Morgan fingerprint density at radius 2 is 2.10 bits per heavy atom. The molecule has 0 aromatic heterocycles. The molecule has 2 rings (SSSR count). The van der Waals surface area contributed by atoms with Gasteiger partial charge in [-0.15, -0.1) is 0 Å². The molecule has 1 aliphatic rings. The Hall–Kier alpha value is -0.530. The van der Waals surface area contributed by atoms with E-state index in [4.69, 9.17) is 14.2 Å². The van der Waals surface area contributed by atoms with Gasteiger partial charge in [0.05, 0.1) is 23.9 Å². The van der Waals surface area contributed by atoms with Crippen LogP contribution in [-0.2, 0) is 11.2 Å². The third-order valence-corrected chi connectivity index (χ3v) is 4.36. The Morgan fingerprint density at radius 1 is 1.30 bits per heavy atom. The van der Waals surface area contributed by atoms with Crippen LogP contribution in [0.2, 0.25) is 0 Å². The fourth-order valence-electron chi connectivity index (χ4n) is 2.41. The number of hydrogen-bond acceptors (Lipinski definition) is 4. The van der Waals surface area contributed by atoms with Crippen molar-refractivity contribution in [1.29, 1.82) is 0 Å². The minimum Gasteiger partial charge on any atom is -0.496 e. The standard InChI is InChI=1S/C15H22INO3/c1-18-14-9-13(16)15(19-2)8-11(14)5-6-17-10-12-4-3-7-20-12/h8-9,12,17H,3-7,10H2,1-2H3. The van der Waals surface area contributed by atoms with E-state index in [1.807, 2.05) is 6.07 Å². The Kier molecular flexibility index (Phi) is 6.38. The zero-order valence-corrected chi connectivity index (χ0v) is 14.2. The number of halogens is 1. The van der Waals surface area contributed by atoms with Gasteiger partial charge in [-0.1, -0.05) is 0 Å². The molecule has 1 N–H and O–H groups in total. The van der Waals surface area contributed by atoms with E-state index in [-0.39, 0.29) is 0 Å². The summed E-state index contributed by atoms with van der Waals surface area (Å²) in [6.45, 7) is 2.76. The summed E-state index contributed by atoms with van der Waals surface area (Å²) in [5.41, 5.74) is 1.17. The molecular weight excluding hydrogens is 369 g/mol. The van der Waals surface area contributed by atoms with Gasteiger partial charge in [0.1, 0.15) is 11.5 Å². The van der Waals surface area contributed by atoms with Gasteiger partial charge in [-0.05, 0) is 66.1 Å². The van der Waals surface area contributed by atoms with Gasteiger partial charge >= 0.3 is 0 Å². The number of benzene rings is 1. The molecule has 4 nitrogen and oxygen atoms in total. The van der Waals surface area contributed by atoms with Crippen molar-refractivity contribution in [1.82, 2.24) is 5.32 Å². The third-order valence-electron chi connectivity index (χ3n) is 3.52. The summed E-state index contributed by atoms with van der Waals surface area (Å²) in [4.78, 5) is 0. The topological polar surface area (TPSA) is 39.7 Å². The molecule has 1 fully saturated rings. The summed E-state index contributed by atoms with van der Waals surface area (Å²) in [6, 6.07) is 4.09. The van der Waals surface area contributed by atoms with Gasteiger partial charge in [0, 0.05) is 13.2 Å². The third kappa shape index (κ3) is 4.23. The van der Waals surface area contributed by atoms with Crippen LogP contribution >= 0.6 is 22.6 Å². The van der Waals surface area contributed by atoms with Crippen LogP contribution in [0.3, 0.4) is 0 Å². The second-order valence-corrected chi connectivity index (χ2v) is 6.05. The fourth-order valence-corrected chi connectivity index (χ4v) is 3.07. The number of hydrogen-bond donors (Lipinski definition) is 1. The molecule has 1 aromatic carbocycles. The maximum absolute atomic E-state index is 5.59. The summed E-state index contributed by atoms with van der Waals surface area (Å²) in [5, 5.41) is 3.46. The van der Waals surface area contributed by atoms with Crippen molar-refractivity contribution in [2.24, 2.45) is 0 Å². The molecule has 0 amide bonds. The van der Waals surface area contributed by atoms with Crippen molar-refractivity contribution < 1.29 is 14.2 Å². The van der Waals surface area contributed by atoms with Crippen LogP contribution in [0.5, 0.6) is 11.5 Å². The van der Waals surface area contributed by atoms with E-state index >= 15 is 0 Å². The molecular formula is C15H22INO3. The van der Waals surface area contributed by atoms with Crippen LogP contribution in [0.4, 0.5) is 0 Å². The molecule has 1 aromatic rings. The minimum absolute atomic E-state index is 0.392. The molecule has 0 aliphatic carbocycles. The van der Waals surface area contributed by atoms with Gasteiger partial charge in [-0.25, -0.2) is 0 Å². The molecule has 0 saturated carbocycles. The van der Waals surface area contributed by atoms with E-state index in [0.29, 0.717) is 6.10 Å². The lowest BCUT2D eigenvalue weighted by Gasteiger charge is -2.14. The second-order valence-electron chi connectivity index (χ2n) is 4.89. The second kappa shape index (κ2) is 8.05. The highest BCUT2D eigenvalue weighted by molar-refractivity contribution is 14.1. The first-order valence-electron chi connectivity index (χ1n) is 6.97. The Labute approximate surface area is 134 Å². The van der Waals surface area contributed by atoms with Crippen LogP contribution in [0, 0.1) is 3.57 Å². The highest BCUT2D eigenvalue weighted by Crippen LogP contribution is 2.30. The maximum Gasteiger partial charge on any atom is 0.132 e. The molecule has 0 spiro atoms. The highest BCUT2D eigenvalue weighted by Gasteiger charge is 2.14. The van der Waals surface area contributed by atoms with Crippen molar-refractivity contribution in [3.8, 4) is 11.5 Å². The number of rotatable bonds is 7. The van der Waals surface area contributed by atoms with Crippen LogP contribution < -0.4 is 14.8 Å². The summed E-state index contributed by atoms with van der Waals surface area (Å²) >= 11 is 2.26.